The highest BCUT2D eigenvalue weighted by Crippen LogP contribution is 2.31. The second-order valence-electron chi connectivity index (χ2n) is 4.47. The van der Waals surface area contributed by atoms with Gasteiger partial charge in [-0.25, -0.2) is 0 Å². The van der Waals surface area contributed by atoms with E-state index < -0.39 is 6.10 Å². The zero-order valence-corrected chi connectivity index (χ0v) is 9.69. The summed E-state index contributed by atoms with van der Waals surface area (Å²) in [6.45, 7) is 1.45. The van der Waals surface area contributed by atoms with Gasteiger partial charge in [-0.15, -0.1) is 0 Å². The van der Waals surface area contributed by atoms with Crippen LogP contribution in [0.1, 0.15) is 30.1 Å². The van der Waals surface area contributed by atoms with Crippen molar-refractivity contribution in [3.63, 3.8) is 0 Å². The van der Waals surface area contributed by atoms with Crippen LogP contribution in [0.4, 0.5) is 0 Å². The highest BCUT2D eigenvalue weighted by Gasteiger charge is 2.20. The van der Waals surface area contributed by atoms with Gasteiger partial charge < -0.3 is 14.6 Å². The van der Waals surface area contributed by atoms with E-state index in [1.165, 1.54) is 5.56 Å². The molecule has 0 saturated carbocycles. The van der Waals surface area contributed by atoms with E-state index in [2.05, 4.69) is 0 Å². The van der Waals surface area contributed by atoms with Crippen molar-refractivity contribution in [3.05, 3.63) is 41.2 Å². The molecule has 0 radical (unpaired) electrons. The van der Waals surface area contributed by atoms with Gasteiger partial charge in [0.1, 0.15) is 17.6 Å². The first-order valence-corrected chi connectivity index (χ1v) is 6.11. The summed E-state index contributed by atoms with van der Waals surface area (Å²) in [5.74, 6) is 1.63. The first kappa shape index (κ1) is 10.7. The van der Waals surface area contributed by atoms with Crippen LogP contribution in [0.25, 0.3) is 0 Å². The third kappa shape index (κ3) is 2.03. The van der Waals surface area contributed by atoms with E-state index in [1.54, 1.807) is 0 Å². The number of ether oxygens (including phenoxy) is 2. The van der Waals surface area contributed by atoms with Crippen molar-refractivity contribution < 1.29 is 14.6 Å². The number of hydrogen-bond donors (Lipinski definition) is 1. The van der Waals surface area contributed by atoms with Gasteiger partial charge in [0.25, 0.3) is 0 Å². The van der Waals surface area contributed by atoms with Crippen molar-refractivity contribution in [2.75, 3.05) is 13.2 Å². The Morgan fingerprint density at radius 1 is 1.18 bits per heavy atom. The normalized spacial score (nSPS) is 19.9. The number of hydrogen-bond acceptors (Lipinski definition) is 3. The van der Waals surface area contributed by atoms with Gasteiger partial charge in [0.2, 0.25) is 0 Å². The molecule has 0 aromatic heterocycles. The molecule has 0 bridgehead atoms. The van der Waals surface area contributed by atoms with Gasteiger partial charge in [0.15, 0.2) is 0 Å². The second kappa shape index (κ2) is 4.41. The molecule has 1 aromatic carbocycles. The Balaban J connectivity index is 1.86. The molecule has 3 nitrogen and oxygen atoms in total. The maximum Gasteiger partial charge on any atom is 0.136 e. The van der Waals surface area contributed by atoms with Crippen molar-refractivity contribution in [3.8, 4) is 5.75 Å². The maximum absolute atomic E-state index is 10.2. The minimum Gasteiger partial charge on any atom is -0.495 e. The summed E-state index contributed by atoms with van der Waals surface area (Å²) in [6.07, 6.45) is 4.30. The molecule has 2 aliphatic heterocycles. The topological polar surface area (TPSA) is 38.7 Å². The summed E-state index contributed by atoms with van der Waals surface area (Å²) in [6, 6.07) is 5.86. The summed E-state index contributed by atoms with van der Waals surface area (Å²) in [4.78, 5) is 0. The van der Waals surface area contributed by atoms with Crippen molar-refractivity contribution in [2.24, 2.45) is 0 Å². The van der Waals surface area contributed by atoms with E-state index >= 15 is 0 Å². The Labute approximate surface area is 101 Å². The molecule has 3 rings (SSSR count). The molecule has 0 saturated heterocycles. The Bertz CT molecular complexity index is 451. The predicted octanol–water partition coefficient (Wildman–Crippen LogP) is 2.35. The zero-order chi connectivity index (χ0) is 11.7. The molecule has 3 heteroatoms. The second-order valence-corrected chi connectivity index (χ2v) is 4.47. The van der Waals surface area contributed by atoms with Crippen molar-refractivity contribution in [2.45, 2.75) is 25.4 Å². The van der Waals surface area contributed by atoms with E-state index in [0.717, 1.165) is 37.2 Å². The molecule has 2 heterocycles. The summed E-state index contributed by atoms with van der Waals surface area (Å²) in [5.41, 5.74) is 2.07. The molecule has 0 amide bonds. The molecule has 1 N–H and O–H groups in total. The molecule has 1 unspecified atom stereocenters. The third-order valence-corrected chi connectivity index (χ3v) is 3.26. The highest BCUT2D eigenvalue weighted by atomic mass is 16.5. The standard InChI is InChI=1S/C14H16O3/c15-14(13-3-1-2-7-16-13)11-4-5-12-10(9-11)6-8-17-12/h3-5,9,14-15H,1-2,6-8H2. The van der Waals surface area contributed by atoms with Crippen LogP contribution in [0.2, 0.25) is 0 Å². The van der Waals surface area contributed by atoms with Gasteiger partial charge in [-0.3, -0.25) is 0 Å². The van der Waals surface area contributed by atoms with Crippen LogP contribution in [-0.4, -0.2) is 18.3 Å². The highest BCUT2D eigenvalue weighted by molar-refractivity contribution is 5.41. The van der Waals surface area contributed by atoms with Gasteiger partial charge in [0, 0.05) is 6.42 Å². The van der Waals surface area contributed by atoms with Crippen LogP contribution < -0.4 is 4.74 Å². The van der Waals surface area contributed by atoms with E-state index in [9.17, 15) is 5.11 Å². The fraction of sp³-hybridized carbons (Fsp3) is 0.429. The van der Waals surface area contributed by atoms with E-state index in [1.807, 2.05) is 24.3 Å². The monoisotopic (exact) mass is 232 g/mol. The molecule has 17 heavy (non-hydrogen) atoms. The van der Waals surface area contributed by atoms with Crippen LogP contribution >= 0.6 is 0 Å². The molecule has 1 aromatic rings. The number of benzene rings is 1. The molecule has 2 aliphatic rings. The van der Waals surface area contributed by atoms with Crippen LogP contribution in [0.15, 0.2) is 30.0 Å². The Hall–Kier alpha value is -1.48. The van der Waals surface area contributed by atoms with Gasteiger partial charge in [-0.2, -0.15) is 0 Å². The van der Waals surface area contributed by atoms with Crippen LogP contribution in [0.3, 0.4) is 0 Å². The van der Waals surface area contributed by atoms with Crippen LogP contribution in [0, 0.1) is 0 Å². The summed E-state index contributed by atoms with van der Waals surface area (Å²) in [7, 11) is 0. The average Bonchev–Trinajstić information content (AvgIpc) is 2.86. The smallest absolute Gasteiger partial charge is 0.136 e. The van der Waals surface area contributed by atoms with Crippen molar-refractivity contribution in [1.82, 2.24) is 0 Å². The molecule has 0 fully saturated rings. The third-order valence-electron chi connectivity index (χ3n) is 3.26. The van der Waals surface area contributed by atoms with E-state index in [-0.39, 0.29) is 0 Å². The van der Waals surface area contributed by atoms with Gasteiger partial charge in [-0.1, -0.05) is 6.07 Å². The lowest BCUT2D eigenvalue weighted by Crippen LogP contribution is -2.09. The van der Waals surface area contributed by atoms with E-state index in [4.69, 9.17) is 9.47 Å². The van der Waals surface area contributed by atoms with Crippen molar-refractivity contribution in [1.29, 1.82) is 0 Å². The summed E-state index contributed by atoms with van der Waals surface area (Å²) < 4.78 is 10.9. The SMILES string of the molecule is OC(C1=CCCCO1)c1ccc2c(c1)CCO2. The molecular formula is C14H16O3. The fourth-order valence-electron chi connectivity index (χ4n) is 2.31. The molecular weight excluding hydrogens is 216 g/mol. The van der Waals surface area contributed by atoms with E-state index in [0.29, 0.717) is 12.4 Å². The molecule has 1 atom stereocenters. The maximum atomic E-state index is 10.2. The van der Waals surface area contributed by atoms with Gasteiger partial charge in [-0.05, 0) is 42.2 Å². The first-order chi connectivity index (χ1) is 8.34. The number of aliphatic hydroxyl groups is 1. The molecule has 90 valence electrons. The quantitative estimate of drug-likeness (QED) is 0.850. The number of rotatable bonds is 2. The molecule has 0 aliphatic carbocycles. The number of aliphatic hydroxyl groups excluding tert-OH is 1. The van der Waals surface area contributed by atoms with Crippen LogP contribution in [0.5, 0.6) is 5.75 Å². The largest absolute Gasteiger partial charge is 0.495 e. The first-order valence-electron chi connectivity index (χ1n) is 6.11. The van der Waals surface area contributed by atoms with Crippen LogP contribution in [-0.2, 0) is 11.2 Å². The summed E-state index contributed by atoms with van der Waals surface area (Å²) in [5, 5.41) is 10.2. The average molecular weight is 232 g/mol. The lowest BCUT2D eigenvalue weighted by atomic mass is 10.0. The Morgan fingerprint density at radius 2 is 2.12 bits per heavy atom. The number of allylic oxidation sites excluding steroid dienone is 1. The minimum atomic E-state index is -0.638. The lowest BCUT2D eigenvalue weighted by molar-refractivity contribution is 0.0917. The molecule has 0 spiro atoms. The summed E-state index contributed by atoms with van der Waals surface area (Å²) >= 11 is 0. The zero-order valence-electron chi connectivity index (χ0n) is 9.69. The fourth-order valence-corrected chi connectivity index (χ4v) is 2.31. The van der Waals surface area contributed by atoms with Gasteiger partial charge in [0.05, 0.1) is 13.2 Å². The minimum absolute atomic E-state index is 0.638. The lowest BCUT2D eigenvalue weighted by Gasteiger charge is -2.20. The Kier molecular flexibility index (Phi) is 2.77. The predicted molar refractivity (Wildman–Crippen MR) is 63.9 cm³/mol. The Morgan fingerprint density at radius 3 is 2.94 bits per heavy atom. The van der Waals surface area contributed by atoms with Crippen molar-refractivity contribution >= 4 is 0 Å². The van der Waals surface area contributed by atoms with Gasteiger partial charge >= 0.3 is 0 Å². The number of fused-ring (bicyclic) bond motifs is 1.